The highest BCUT2D eigenvalue weighted by molar-refractivity contribution is 5.44. The molecule has 2 aromatic rings. The highest BCUT2D eigenvalue weighted by atomic mass is 16.3. The molecule has 0 saturated carbocycles. The summed E-state index contributed by atoms with van der Waals surface area (Å²) in [6.07, 6.45) is 1.69. The van der Waals surface area contributed by atoms with E-state index in [1.54, 1.807) is 6.26 Å². The fraction of sp³-hybridized carbons (Fsp3) is 0.286. The molecule has 0 saturated heterocycles. The van der Waals surface area contributed by atoms with Crippen LogP contribution in [0.2, 0.25) is 0 Å². The van der Waals surface area contributed by atoms with E-state index in [9.17, 15) is 0 Å². The first-order valence-corrected chi connectivity index (χ1v) is 5.74. The van der Waals surface area contributed by atoms with Crippen molar-refractivity contribution in [2.45, 2.75) is 13.1 Å². The van der Waals surface area contributed by atoms with Gasteiger partial charge >= 0.3 is 0 Å². The minimum atomic E-state index is 0.722. The summed E-state index contributed by atoms with van der Waals surface area (Å²) in [6, 6.07) is 12.4. The molecule has 2 rings (SSSR count). The molecule has 0 spiro atoms. The lowest BCUT2D eigenvalue weighted by molar-refractivity contribution is 0.402. The third-order valence-corrected chi connectivity index (χ3v) is 2.50. The van der Waals surface area contributed by atoms with Gasteiger partial charge in [-0.3, -0.25) is 0 Å². The number of rotatable bonds is 5. The van der Waals surface area contributed by atoms with E-state index < -0.39 is 0 Å². The standard InChI is InChI=1S/C14H18N2O/c1-16(2)11-12-5-7-13(8-6-12)15-10-14-4-3-9-17-14/h3-9,15H,10-11H2,1-2H3. The van der Waals surface area contributed by atoms with Crippen molar-refractivity contribution < 1.29 is 4.42 Å². The van der Waals surface area contributed by atoms with Gasteiger partial charge in [0.2, 0.25) is 0 Å². The van der Waals surface area contributed by atoms with Gasteiger partial charge < -0.3 is 14.6 Å². The Morgan fingerprint density at radius 1 is 1.12 bits per heavy atom. The monoisotopic (exact) mass is 230 g/mol. The summed E-state index contributed by atoms with van der Waals surface area (Å²) < 4.78 is 5.26. The lowest BCUT2D eigenvalue weighted by Gasteiger charge is -2.10. The van der Waals surface area contributed by atoms with Gasteiger partial charge in [0, 0.05) is 12.2 Å². The van der Waals surface area contributed by atoms with Crippen molar-refractivity contribution in [1.29, 1.82) is 0 Å². The summed E-state index contributed by atoms with van der Waals surface area (Å²) >= 11 is 0. The van der Waals surface area contributed by atoms with Crippen molar-refractivity contribution in [3.63, 3.8) is 0 Å². The second-order valence-corrected chi connectivity index (χ2v) is 4.37. The van der Waals surface area contributed by atoms with Gasteiger partial charge in [0.15, 0.2) is 0 Å². The predicted molar refractivity (Wildman–Crippen MR) is 69.9 cm³/mol. The molecule has 1 heterocycles. The largest absolute Gasteiger partial charge is 0.467 e. The Kier molecular flexibility index (Phi) is 3.83. The van der Waals surface area contributed by atoms with E-state index in [2.05, 4.69) is 48.6 Å². The van der Waals surface area contributed by atoms with Crippen molar-refractivity contribution >= 4 is 5.69 Å². The summed E-state index contributed by atoms with van der Waals surface area (Å²) in [5.74, 6) is 0.947. The Morgan fingerprint density at radius 3 is 2.47 bits per heavy atom. The van der Waals surface area contributed by atoms with E-state index >= 15 is 0 Å². The number of hydrogen-bond donors (Lipinski definition) is 1. The van der Waals surface area contributed by atoms with E-state index in [1.165, 1.54) is 5.56 Å². The Balaban J connectivity index is 1.89. The van der Waals surface area contributed by atoms with Gasteiger partial charge in [0.05, 0.1) is 12.8 Å². The third-order valence-electron chi connectivity index (χ3n) is 2.50. The van der Waals surface area contributed by atoms with Crippen LogP contribution in [0.25, 0.3) is 0 Å². The average Bonchev–Trinajstić information content (AvgIpc) is 2.80. The molecule has 1 aromatic heterocycles. The normalized spacial score (nSPS) is 10.8. The van der Waals surface area contributed by atoms with Crippen LogP contribution >= 0.6 is 0 Å². The quantitative estimate of drug-likeness (QED) is 0.856. The van der Waals surface area contributed by atoms with Gasteiger partial charge in [-0.1, -0.05) is 12.1 Å². The van der Waals surface area contributed by atoms with Crippen molar-refractivity contribution in [3.05, 3.63) is 54.0 Å². The molecule has 0 atom stereocenters. The maximum Gasteiger partial charge on any atom is 0.122 e. The van der Waals surface area contributed by atoms with E-state index in [1.807, 2.05) is 12.1 Å². The number of hydrogen-bond acceptors (Lipinski definition) is 3. The molecular weight excluding hydrogens is 212 g/mol. The number of furan rings is 1. The fourth-order valence-electron chi connectivity index (χ4n) is 1.70. The molecular formula is C14H18N2O. The molecule has 90 valence electrons. The first-order chi connectivity index (χ1) is 8.24. The number of anilines is 1. The predicted octanol–water partition coefficient (Wildman–Crippen LogP) is 2.95. The average molecular weight is 230 g/mol. The molecule has 0 amide bonds. The molecule has 0 aliphatic heterocycles. The molecule has 0 aliphatic rings. The van der Waals surface area contributed by atoms with Crippen LogP contribution in [-0.2, 0) is 13.1 Å². The van der Waals surface area contributed by atoms with Crippen molar-refractivity contribution in [3.8, 4) is 0 Å². The fourth-order valence-corrected chi connectivity index (χ4v) is 1.70. The molecule has 0 fully saturated rings. The van der Waals surface area contributed by atoms with Crippen LogP contribution in [0.1, 0.15) is 11.3 Å². The van der Waals surface area contributed by atoms with Gasteiger partial charge in [-0.15, -0.1) is 0 Å². The van der Waals surface area contributed by atoms with Crippen LogP contribution in [-0.4, -0.2) is 19.0 Å². The SMILES string of the molecule is CN(C)Cc1ccc(NCc2ccco2)cc1. The molecule has 1 aromatic carbocycles. The summed E-state index contributed by atoms with van der Waals surface area (Å²) in [5, 5.41) is 3.32. The molecule has 0 radical (unpaired) electrons. The number of nitrogens with zero attached hydrogens (tertiary/aromatic N) is 1. The van der Waals surface area contributed by atoms with Crippen LogP contribution in [0.15, 0.2) is 47.1 Å². The second-order valence-electron chi connectivity index (χ2n) is 4.37. The Labute approximate surface area is 102 Å². The third kappa shape index (κ3) is 3.64. The number of nitrogens with one attached hydrogen (secondary N) is 1. The zero-order chi connectivity index (χ0) is 12.1. The Hall–Kier alpha value is -1.74. The second kappa shape index (κ2) is 5.55. The van der Waals surface area contributed by atoms with Crippen LogP contribution in [0.3, 0.4) is 0 Å². The van der Waals surface area contributed by atoms with Crippen molar-refractivity contribution in [2.24, 2.45) is 0 Å². The minimum absolute atomic E-state index is 0.722. The molecule has 0 aliphatic carbocycles. The van der Waals surface area contributed by atoms with Gasteiger partial charge in [0.1, 0.15) is 5.76 Å². The first-order valence-electron chi connectivity index (χ1n) is 5.74. The van der Waals surface area contributed by atoms with Crippen LogP contribution in [0.4, 0.5) is 5.69 Å². The summed E-state index contributed by atoms with van der Waals surface area (Å²) in [7, 11) is 4.14. The molecule has 3 nitrogen and oxygen atoms in total. The minimum Gasteiger partial charge on any atom is -0.467 e. The van der Waals surface area contributed by atoms with Crippen LogP contribution in [0.5, 0.6) is 0 Å². The van der Waals surface area contributed by atoms with E-state index in [4.69, 9.17) is 4.42 Å². The van der Waals surface area contributed by atoms with Crippen LogP contribution < -0.4 is 5.32 Å². The lowest BCUT2D eigenvalue weighted by Crippen LogP contribution is -2.10. The van der Waals surface area contributed by atoms with Gasteiger partial charge in [-0.25, -0.2) is 0 Å². The zero-order valence-electron chi connectivity index (χ0n) is 10.3. The van der Waals surface area contributed by atoms with E-state index in [0.717, 1.165) is 24.5 Å². The molecule has 0 unspecified atom stereocenters. The lowest BCUT2D eigenvalue weighted by atomic mass is 10.2. The van der Waals surface area contributed by atoms with E-state index in [0.29, 0.717) is 0 Å². The summed E-state index contributed by atoms with van der Waals surface area (Å²) in [4.78, 5) is 2.16. The van der Waals surface area contributed by atoms with Crippen LogP contribution in [0, 0.1) is 0 Å². The van der Waals surface area contributed by atoms with Gasteiger partial charge in [-0.2, -0.15) is 0 Å². The Morgan fingerprint density at radius 2 is 1.88 bits per heavy atom. The van der Waals surface area contributed by atoms with Gasteiger partial charge in [0.25, 0.3) is 0 Å². The Bertz CT molecular complexity index is 432. The molecule has 0 bridgehead atoms. The highest BCUT2D eigenvalue weighted by Crippen LogP contribution is 2.12. The maximum absolute atomic E-state index is 5.26. The first kappa shape index (κ1) is 11.7. The molecule has 3 heteroatoms. The molecule has 1 N–H and O–H groups in total. The van der Waals surface area contributed by atoms with Gasteiger partial charge in [-0.05, 0) is 43.9 Å². The maximum atomic E-state index is 5.26. The topological polar surface area (TPSA) is 28.4 Å². The molecule has 17 heavy (non-hydrogen) atoms. The highest BCUT2D eigenvalue weighted by Gasteiger charge is 1.98. The zero-order valence-corrected chi connectivity index (χ0v) is 10.3. The van der Waals surface area contributed by atoms with E-state index in [-0.39, 0.29) is 0 Å². The van der Waals surface area contributed by atoms with Crippen molar-refractivity contribution in [1.82, 2.24) is 4.90 Å². The smallest absolute Gasteiger partial charge is 0.122 e. The number of benzene rings is 1. The summed E-state index contributed by atoms with van der Waals surface area (Å²) in [5.41, 5.74) is 2.43. The summed E-state index contributed by atoms with van der Waals surface area (Å²) in [6.45, 7) is 1.69. The van der Waals surface area contributed by atoms with Crippen molar-refractivity contribution in [2.75, 3.05) is 19.4 Å².